The van der Waals surface area contributed by atoms with Gasteiger partial charge >= 0.3 is 11.9 Å². The van der Waals surface area contributed by atoms with E-state index >= 15 is 0 Å². The zero-order valence-electron chi connectivity index (χ0n) is 19.4. The Morgan fingerprint density at radius 1 is 0.750 bits per heavy atom. The second-order valence-electron chi connectivity index (χ2n) is 8.62. The summed E-state index contributed by atoms with van der Waals surface area (Å²) in [5.41, 5.74) is 2.01. The first-order valence-electron chi connectivity index (χ1n) is 11.3. The predicted molar refractivity (Wildman–Crippen MR) is 124 cm³/mol. The van der Waals surface area contributed by atoms with Gasteiger partial charge < -0.3 is 9.47 Å². The molecule has 1 fully saturated rings. The molecule has 0 N–H and O–H groups in total. The van der Waals surface area contributed by atoms with Gasteiger partial charge in [-0.3, -0.25) is 19.4 Å². The summed E-state index contributed by atoms with van der Waals surface area (Å²) in [6.07, 6.45) is -0.596. The Kier molecular flexibility index (Phi) is 8.42. The molecule has 0 saturated carbocycles. The molecule has 2 aromatic carbocycles. The highest BCUT2D eigenvalue weighted by atomic mass is 16.5. The van der Waals surface area contributed by atoms with Crippen LogP contribution in [0.15, 0.2) is 60.7 Å². The fraction of sp³-hybridized carbons (Fsp3) is 0.462. The smallest absolute Gasteiger partial charge is 0.303 e. The van der Waals surface area contributed by atoms with Gasteiger partial charge in [-0.1, -0.05) is 60.7 Å². The molecule has 1 aliphatic rings. The first-order valence-corrected chi connectivity index (χ1v) is 11.3. The maximum atomic E-state index is 11.7. The quantitative estimate of drug-likeness (QED) is 0.581. The van der Waals surface area contributed by atoms with Crippen molar-refractivity contribution in [2.75, 3.05) is 26.2 Å². The molecule has 1 aliphatic heterocycles. The van der Waals surface area contributed by atoms with E-state index in [-0.39, 0.29) is 36.2 Å². The molecule has 0 unspecified atom stereocenters. The van der Waals surface area contributed by atoms with E-state index in [1.807, 2.05) is 60.7 Å². The van der Waals surface area contributed by atoms with Gasteiger partial charge in [0, 0.05) is 52.1 Å². The van der Waals surface area contributed by atoms with E-state index in [0.717, 1.165) is 24.2 Å². The second kappa shape index (κ2) is 11.2. The Morgan fingerprint density at radius 3 is 1.41 bits per heavy atom. The van der Waals surface area contributed by atoms with Gasteiger partial charge in [-0.15, -0.1) is 0 Å². The molecule has 3 rings (SSSR count). The Balaban J connectivity index is 1.68. The number of hydrogen-bond donors (Lipinski definition) is 0. The molecule has 0 spiro atoms. The standard InChI is InChI=1S/C26H34N2O4/c1-19-15-28(18-26(32-22(4)30)24-13-9-6-10-14-24)20(2)16-27(19)17-25(31-21(3)29)23-11-7-5-8-12-23/h5-14,19-20,25-26H,15-18H2,1-4H3/t19-,20-,25+,26+/m1/s1. The lowest BCUT2D eigenvalue weighted by molar-refractivity contribution is -0.151. The molecule has 4 atom stereocenters. The molecule has 0 aromatic heterocycles. The molecule has 1 heterocycles. The van der Waals surface area contributed by atoms with E-state index in [0.29, 0.717) is 13.1 Å². The van der Waals surface area contributed by atoms with E-state index in [4.69, 9.17) is 9.47 Å². The minimum absolute atomic E-state index is 0.265. The summed E-state index contributed by atoms with van der Waals surface area (Å²) in [4.78, 5) is 28.2. The average molecular weight is 439 g/mol. The molecule has 6 heteroatoms. The molecule has 2 aromatic rings. The molecule has 0 radical (unpaired) electrons. The first kappa shape index (κ1) is 24.0. The van der Waals surface area contributed by atoms with Gasteiger partial charge in [-0.25, -0.2) is 0 Å². The molecule has 0 bridgehead atoms. The van der Waals surface area contributed by atoms with Gasteiger partial charge in [-0.05, 0) is 25.0 Å². The Bertz CT molecular complexity index is 800. The van der Waals surface area contributed by atoms with E-state index in [2.05, 4.69) is 23.6 Å². The zero-order valence-corrected chi connectivity index (χ0v) is 19.4. The summed E-state index contributed by atoms with van der Waals surface area (Å²) in [5.74, 6) is -0.546. The summed E-state index contributed by atoms with van der Waals surface area (Å²) < 4.78 is 11.3. The van der Waals surface area contributed by atoms with Crippen LogP contribution in [0.2, 0.25) is 0 Å². The number of esters is 2. The highest BCUT2D eigenvalue weighted by Gasteiger charge is 2.33. The molecular weight excluding hydrogens is 404 g/mol. The van der Waals surface area contributed by atoms with Crippen LogP contribution in [-0.4, -0.2) is 60.0 Å². The number of hydrogen-bond acceptors (Lipinski definition) is 6. The van der Waals surface area contributed by atoms with Crippen LogP contribution in [0, 0.1) is 0 Å². The van der Waals surface area contributed by atoms with Crippen LogP contribution in [0.4, 0.5) is 0 Å². The van der Waals surface area contributed by atoms with Crippen LogP contribution < -0.4 is 0 Å². The van der Waals surface area contributed by atoms with Crippen molar-refractivity contribution in [1.82, 2.24) is 9.80 Å². The maximum absolute atomic E-state index is 11.7. The van der Waals surface area contributed by atoms with Gasteiger partial charge in [0.25, 0.3) is 0 Å². The molecule has 1 saturated heterocycles. The van der Waals surface area contributed by atoms with Crippen molar-refractivity contribution >= 4 is 11.9 Å². The van der Waals surface area contributed by atoms with Crippen LogP contribution in [0.25, 0.3) is 0 Å². The first-order chi connectivity index (χ1) is 15.3. The third-order valence-corrected chi connectivity index (χ3v) is 6.00. The number of rotatable bonds is 8. The predicted octanol–water partition coefficient (Wildman–Crippen LogP) is 3.99. The third-order valence-electron chi connectivity index (χ3n) is 6.00. The van der Waals surface area contributed by atoms with Crippen molar-refractivity contribution in [2.45, 2.75) is 52.0 Å². The lowest BCUT2D eigenvalue weighted by atomic mass is 10.0. The van der Waals surface area contributed by atoms with Gasteiger partial charge in [-0.2, -0.15) is 0 Å². The lowest BCUT2D eigenvalue weighted by Crippen LogP contribution is -2.57. The largest absolute Gasteiger partial charge is 0.456 e. The fourth-order valence-corrected chi connectivity index (χ4v) is 4.36. The maximum Gasteiger partial charge on any atom is 0.303 e. The summed E-state index contributed by atoms with van der Waals surface area (Å²) in [6.45, 7) is 10.3. The van der Waals surface area contributed by atoms with Crippen molar-refractivity contribution in [3.8, 4) is 0 Å². The number of carbonyl (C=O) groups excluding carboxylic acids is 2. The highest BCUT2D eigenvalue weighted by Crippen LogP contribution is 2.26. The monoisotopic (exact) mass is 438 g/mol. The van der Waals surface area contributed by atoms with Gasteiger partial charge in [0.15, 0.2) is 0 Å². The molecule has 0 amide bonds. The van der Waals surface area contributed by atoms with Crippen LogP contribution >= 0.6 is 0 Å². The van der Waals surface area contributed by atoms with Crippen molar-refractivity contribution < 1.29 is 19.1 Å². The summed E-state index contributed by atoms with van der Waals surface area (Å²) in [5, 5.41) is 0. The number of benzene rings is 2. The Morgan fingerprint density at radius 2 is 1.09 bits per heavy atom. The average Bonchev–Trinajstić information content (AvgIpc) is 2.76. The van der Waals surface area contributed by atoms with E-state index < -0.39 is 0 Å². The van der Waals surface area contributed by atoms with E-state index in [1.165, 1.54) is 13.8 Å². The van der Waals surface area contributed by atoms with Crippen LogP contribution in [-0.2, 0) is 19.1 Å². The molecular formula is C26H34N2O4. The van der Waals surface area contributed by atoms with Crippen molar-refractivity contribution in [3.63, 3.8) is 0 Å². The minimum atomic E-state index is -0.298. The topological polar surface area (TPSA) is 59.1 Å². The van der Waals surface area contributed by atoms with Crippen molar-refractivity contribution in [1.29, 1.82) is 0 Å². The molecule has 0 aliphatic carbocycles. The Hall–Kier alpha value is -2.70. The molecule has 32 heavy (non-hydrogen) atoms. The number of ether oxygens (including phenoxy) is 2. The van der Waals surface area contributed by atoms with Crippen molar-refractivity contribution in [2.24, 2.45) is 0 Å². The van der Waals surface area contributed by atoms with Crippen LogP contribution in [0.5, 0.6) is 0 Å². The van der Waals surface area contributed by atoms with Crippen LogP contribution in [0.1, 0.15) is 51.0 Å². The highest BCUT2D eigenvalue weighted by molar-refractivity contribution is 5.66. The SMILES string of the molecule is CC(=O)O[C@@H](CN1C[C@@H](C)N(C[C@H](OC(C)=O)c2ccccc2)C[C@H]1C)c1ccccc1. The normalized spacial score (nSPS) is 21.5. The number of piperazine rings is 1. The third kappa shape index (κ3) is 6.65. The van der Waals surface area contributed by atoms with Gasteiger partial charge in [0.2, 0.25) is 0 Å². The zero-order chi connectivity index (χ0) is 23.1. The number of carbonyl (C=O) groups is 2. The molecule has 172 valence electrons. The summed E-state index contributed by atoms with van der Waals surface area (Å²) in [6, 6.07) is 20.3. The van der Waals surface area contributed by atoms with Gasteiger partial charge in [0.1, 0.15) is 12.2 Å². The van der Waals surface area contributed by atoms with Crippen LogP contribution in [0.3, 0.4) is 0 Å². The number of nitrogens with zero attached hydrogens (tertiary/aromatic N) is 2. The van der Waals surface area contributed by atoms with Crippen molar-refractivity contribution in [3.05, 3.63) is 71.8 Å². The van der Waals surface area contributed by atoms with E-state index in [1.54, 1.807) is 0 Å². The lowest BCUT2D eigenvalue weighted by Gasteiger charge is -2.45. The van der Waals surface area contributed by atoms with E-state index in [9.17, 15) is 9.59 Å². The van der Waals surface area contributed by atoms with Gasteiger partial charge in [0.05, 0.1) is 0 Å². The second-order valence-corrected chi connectivity index (χ2v) is 8.62. The summed E-state index contributed by atoms with van der Waals surface area (Å²) in [7, 11) is 0. The fourth-order valence-electron chi connectivity index (χ4n) is 4.36. The summed E-state index contributed by atoms with van der Waals surface area (Å²) >= 11 is 0. The molecule has 6 nitrogen and oxygen atoms in total. The minimum Gasteiger partial charge on any atom is -0.456 e. The Labute approximate surface area is 191 Å².